The lowest BCUT2D eigenvalue weighted by molar-refractivity contribution is -0.274. The Bertz CT molecular complexity index is 761. The van der Waals surface area contributed by atoms with Crippen molar-refractivity contribution in [2.75, 3.05) is 7.11 Å². The van der Waals surface area contributed by atoms with Gasteiger partial charge in [0.05, 0.1) is 7.11 Å². The Morgan fingerprint density at radius 1 is 1.08 bits per heavy atom. The van der Waals surface area contributed by atoms with Crippen molar-refractivity contribution < 1.29 is 37.3 Å². The molecular weight excluding hydrogens is 397 g/mol. The molecule has 0 amide bonds. The van der Waals surface area contributed by atoms with Gasteiger partial charge in [0, 0.05) is 10.5 Å². The summed E-state index contributed by atoms with van der Waals surface area (Å²) >= 11 is 3.19. The van der Waals surface area contributed by atoms with E-state index in [1.807, 2.05) is 0 Å². The van der Waals surface area contributed by atoms with Crippen LogP contribution < -0.4 is 14.2 Å². The van der Waals surface area contributed by atoms with Gasteiger partial charge in [0.25, 0.3) is 0 Å². The van der Waals surface area contributed by atoms with Crippen LogP contribution in [0.1, 0.15) is 10.4 Å². The molecule has 0 unspecified atom stereocenters. The van der Waals surface area contributed by atoms with Gasteiger partial charge in [0.15, 0.2) is 11.5 Å². The van der Waals surface area contributed by atoms with Gasteiger partial charge < -0.3 is 19.3 Å². The van der Waals surface area contributed by atoms with E-state index < -0.39 is 18.1 Å². The molecule has 0 saturated heterocycles. The van der Waals surface area contributed by atoms with Gasteiger partial charge in [-0.25, -0.2) is 4.79 Å². The molecule has 0 bridgehead atoms. The Kier molecular flexibility index (Phi) is 5.23. The van der Waals surface area contributed by atoms with E-state index >= 15 is 0 Å². The molecule has 24 heavy (non-hydrogen) atoms. The molecule has 1 N–H and O–H groups in total. The van der Waals surface area contributed by atoms with Crippen LogP contribution in [0.4, 0.5) is 13.2 Å². The van der Waals surface area contributed by atoms with Crippen molar-refractivity contribution in [1.82, 2.24) is 0 Å². The number of rotatable bonds is 5. The zero-order valence-corrected chi connectivity index (χ0v) is 13.6. The van der Waals surface area contributed by atoms with Gasteiger partial charge in [-0.1, -0.05) is 15.9 Å². The minimum Gasteiger partial charge on any atom is -0.493 e. The topological polar surface area (TPSA) is 65.0 Å². The van der Waals surface area contributed by atoms with Crippen molar-refractivity contribution in [1.29, 1.82) is 0 Å². The minimum absolute atomic E-state index is 0.000310. The Hall–Kier alpha value is -2.42. The summed E-state index contributed by atoms with van der Waals surface area (Å²) in [6.45, 7) is 0. The highest BCUT2D eigenvalue weighted by Crippen LogP contribution is 2.38. The molecule has 0 aromatic heterocycles. The van der Waals surface area contributed by atoms with E-state index in [4.69, 9.17) is 14.6 Å². The number of aromatic carboxylic acids is 1. The van der Waals surface area contributed by atoms with E-state index in [9.17, 15) is 18.0 Å². The highest BCUT2D eigenvalue weighted by atomic mass is 79.9. The molecule has 0 aliphatic rings. The average Bonchev–Trinajstić information content (AvgIpc) is 2.47. The largest absolute Gasteiger partial charge is 0.573 e. The van der Waals surface area contributed by atoms with Crippen molar-refractivity contribution in [3.05, 3.63) is 46.4 Å². The van der Waals surface area contributed by atoms with Crippen molar-refractivity contribution in [2.24, 2.45) is 0 Å². The third-order valence-corrected chi connectivity index (χ3v) is 3.26. The predicted molar refractivity (Wildman–Crippen MR) is 80.9 cm³/mol. The Morgan fingerprint density at radius 3 is 2.38 bits per heavy atom. The summed E-state index contributed by atoms with van der Waals surface area (Å²) in [5.41, 5.74) is -0.115. The number of hydrogen-bond acceptors (Lipinski definition) is 4. The zero-order valence-electron chi connectivity index (χ0n) is 12.1. The molecule has 0 heterocycles. The molecule has 2 aromatic carbocycles. The van der Waals surface area contributed by atoms with Gasteiger partial charge >= 0.3 is 12.3 Å². The molecule has 0 aliphatic heterocycles. The van der Waals surface area contributed by atoms with Gasteiger partial charge in [-0.05, 0) is 30.3 Å². The summed E-state index contributed by atoms with van der Waals surface area (Å²) in [6.07, 6.45) is -4.84. The molecule has 0 saturated carbocycles. The zero-order chi connectivity index (χ0) is 17.9. The summed E-state index contributed by atoms with van der Waals surface area (Å²) in [4.78, 5) is 11.2. The van der Waals surface area contributed by atoms with Gasteiger partial charge in [0.2, 0.25) is 0 Å². The standard InChI is InChI=1S/C15H10BrF3O5/c1-22-13-7-9(24-15(17,18)19)3-5-11(13)23-12-6-8(16)2-4-10(12)14(20)21/h2-7H,1H3,(H,20,21). The first kappa shape index (κ1) is 17.9. The Balaban J connectivity index is 2.37. The van der Waals surface area contributed by atoms with Crippen LogP contribution in [0.5, 0.6) is 23.0 Å². The average molecular weight is 407 g/mol. The van der Waals surface area contributed by atoms with Crippen LogP contribution in [-0.2, 0) is 0 Å². The van der Waals surface area contributed by atoms with Crippen LogP contribution in [0.3, 0.4) is 0 Å². The first-order valence-corrected chi connectivity index (χ1v) is 7.13. The molecule has 9 heteroatoms. The van der Waals surface area contributed by atoms with Crippen LogP contribution in [0.25, 0.3) is 0 Å². The fraction of sp³-hybridized carbons (Fsp3) is 0.133. The highest BCUT2D eigenvalue weighted by molar-refractivity contribution is 9.10. The van der Waals surface area contributed by atoms with E-state index in [0.717, 1.165) is 12.1 Å². The second-order valence-corrected chi connectivity index (χ2v) is 5.32. The van der Waals surface area contributed by atoms with Crippen LogP contribution in [0, 0.1) is 0 Å². The van der Waals surface area contributed by atoms with Gasteiger partial charge in [-0.2, -0.15) is 0 Å². The summed E-state index contributed by atoms with van der Waals surface area (Å²) in [5.74, 6) is -1.71. The van der Waals surface area contributed by atoms with Crippen LogP contribution in [0.2, 0.25) is 0 Å². The fourth-order valence-electron chi connectivity index (χ4n) is 1.81. The maximum atomic E-state index is 12.2. The number of ether oxygens (including phenoxy) is 3. The van der Waals surface area contributed by atoms with Crippen LogP contribution in [0.15, 0.2) is 40.9 Å². The first-order valence-electron chi connectivity index (χ1n) is 6.34. The molecule has 0 atom stereocenters. The fourth-order valence-corrected chi connectivity index (χ4v) is 2.15. The molecule has 0 radical (unpaired) electrons. The van der Waals surface area contributed by atoms with Gasteiger partial charge in [-0.3, -0.25) is 0 Å². The normalized spacial score (nSPS) is 11.0. The van der Waals surface area contributed by atoms with E-state index in [1.165, 1.54) is 31.4 Å². The number of halogens is 4. The number of carboxylic acid groups (broad SMARTS) is 1. The van der Waals surface area contributed by atoms with E-state index in [1.54, 1.807) is 0 Å². The third-order valence-electron chi connectivity index (χ3n) is 2.76. The molecule has 128 valence electrons. The second kappa shape index (κ2) is 7.00. The molecule has 0 fully saturated rings. The first-order chi connectivity index (χ1) is 11.2. The van der Waals surface area contributed by atoms with Gasteiger partial charge in [-0.15, -0.1) is 13.2 Å². The minimum atomic E-state index is -4.84. The predicted octanol–water partition coefficient (Wildman–Crippen LogP) is 4.85. The maximum absolute atomic E-state index is 12.2. The molecule has 0 spiro atoms. The van der Waals surface area contributed by atoms with Crippen LogP contribution >= 0.6 is 15.9 Å². The lowest BCUT2D eigenvalue weighted by Crippen LogP contribution is -2.17. The summed E-state index contributed by atoms with van der Waals surface area (Å²) < 4.78 is 51.6. The highest BCUT2D eigenvalue weighted by Gasteiger charge is 2.31. The van der Waals surface area contributed by atoms with Gasteiger partial charge in [0.1, 0.15) is 17.1 Å². The van der Waals surface area contributed by atoms with Crippen molar-refractivity contribution in [3.63, 3.8) is 0 Å². The number of carboxylic acids is 1. The number of alkyl halides is 3. The van der Waals surface area contributed by atoms with Crippen molar-refractivity contribution >= 4 is 21.9 Å². The number of carbonyl (C=O) groups is 1. The Labute approximate surface area is 142 Å². The molecular formula is C15H10BrF3O5. The second-order valence-electron chi connectivity index (χ2n) is 4.41. The lowest BCUT2D eigenvalue weighted by atomic mass is 10.2. The van der Waals surface area contributed by atoms with E-state index in [-0.39, 0.29) is 22.8 Å². The summed E-state index contributed by atoms with van der Waals surface area (Å²) in [5, 5.41) is 9.16. The number of benzene rings is 2. The van der Waals surface area contributed by atoms with Crippen molar-refractivity contribution in [2.45, 2.75) is 6.36 Å². The molecule has 2 rings (SSSR count). The monoisotopic (exact) mass is 406 g/mol. The number of hydrogen-bond donors (Lipinski definition) is 1. The van der Waals surface area contributed by atoms with Crippen LogP contribution in [-0.4, -0.2) is 24.5 Å². The summed E-state index contributed by atoms with van der Waals surface area (Å²) in [6, 6.07) is 7.48. The van der Waals surface area contributed by atoms with E-state index in [0.29, 0.717) is 4.47 Å². The smallest absolute Gasteiger partial charge is 0.493 e. The van der Waals surface area contributed by atoms with Crippen molar-refractivity contribution in [3.8, 4) is 23.0 Å². The van der Waals surface area contributed by atoms with E-state index in [2.05, 4.69) is 20.7 Å². The summed E-state index contributed by atoms with van der Waals surface area (Å²) in [7, 11) is 1.23. The Morgan fingerprint density at radius 2 is 1.79 bits per heavy atom. The molecule has 2 aromatic rings. The SMILES string of the molecule is COc1cc(OC(F)(F)F)ccc1Oc1cc(Br)ccc1C(=O)O. The molecule has 5 nitrogen and oxygen atoms in total. The third kappa shape index (κ3) is 4.54. The molecule has 0 aliphatic carbocycles. The number of methoxy groups -OCH3 is 1. The quantitative estimate of drug-likeness (QED) is 0.768. The lowest BCUT2D eigenvalue weighted by Gasteiger charge is -2.14. The maximum Gasteiger partial charge on any atom is 0.573 e.